The highest BCUT2D eigenvalue weighted by molar-refractivity contribution is 6.18. The first kappa shape index (κ1) is 11.7. The van der Waals surface area contributed by atoms with Crippen LogP contribution in [-0.2, 0) is 0 Å². The van der Waals surface area contributed by atoms with E-state index in [0.717, 1.165) is 0 Å². The van der Waals surface area contributed by atoms with Gasteiger partial charge in [0, 0.05) is 17.8 Å². The maximum absolute atomic E-state index is 11.6. The predicted molar refractivity (Wildman–Crippen MR) is 65.5 cm³/mol. The summed E-state index contributed by atoms with van der Waals surface area (Å²) < 4.78 is 5.04. The number of carbonyl (C=O) groups is 1. The second-order valence-corrected chi connectivity index (χ2v) is 3.81. The van der Waals surface area contributed by atoms with E-state index in [1.807, 2.05) is 6.07 Å². The third-order valence-electron chi connectivity index (χ3n) is 2.27. The number of amides is 1. The van der Waals surface area contributed by atoms with E-state index in [-0.39, 0.29) is 5.56 Å². The zero-order valence-corrected chi connectivity index (χ0v) is 9.66. The molecule has 4 nitrogen and oxygen atoms in total. The van der Waals surface area contributed by atoms with E-state index in [0.29, 0.717) is 23.4 Å². The minimum absolute atomic E-state index is 0.00573. The van der Waals surface area contributed by atoms with Gasteiger partial charge >= 0.3 is 5.63 Å². The minimum atomic E-state index is -0.643. The summed E-state index contributed by atoms with van der Waals surface area (Å²) in [6, 6.07) is 8.54. The van der Waals surface area contributed by atoms with Crippen LogP contribution in [0.15, 0.2) is 39.5 Å². The fourth-order valence-electron chi connectivity index (χ4n) is 1.48. The Morgan fingerprint density at radius 1 is 1.35 bits per heavy atom. The first-order valence-corrected chi connectivity index (χ1v) is 5.63. The number of rotatable bonds is 3. The molecule has 5 heteroatoms. The average molecular weight is 252 g/mol. The summed E-state index contributed by atoms with van der Waals surface area (Å²) in [5.41, 5.74) is -0.184. The smallest absolute Gasteiger partial charge is 0.349 e. The lowest BCUT2D eigenvalue weighted by Crippen LogP contribution is -2.29. The summed E-state index contributed by atoms with van der Waals surface area (Å²) in [6.45, 7) is 0.312. The normalized spacial score (nSPS) is 10.4. The highest BCUT2D eigenvalue weighted by Crippen LogP contribution is 2.12. The zero-order valence-electron chi connectivity index (χ0n) is 8.90. The van der Waals surface area contributed by atoms with E-state index >= 15 is 0 Å². The van der Waals surface area contributed by atoms with Crippen LogP contribution in [0.5, 0.6) is 0 Å². The van der Waals surface area contributed by atoms with Crippen molar-refractivity contribution in [2.45, 2.75) is 0 Å². The monoisotopic (exact) mass is 251 g/mol. The van der Waals surface area contributed by atoms with Gasteiger partial charge in [-0.3, -0.25) is 4.79 Å². The Hall–Kier alpha value is -1.81. The lowest BCUT2D eigenvalue weighted by molar-refractivity contribution is 0.0952. The fourth-order valence-corrected chi connectivity index (χ4v) is 1.57. The largest absolute Gasteiger partial charge is 0.422 e. The molecule has 0 atom stereocenters. The van der Waals surface area contributed by atoms with Gasteiger partial charge in [0.15, 0.2) is 0 Å². The molecule has 1 amide bonds. The number of halogens is 1. The van der Waals surface area contributed by atoms with Crippen molar-refractivity contribution >= 4 is 28.5 Å². The Morgan fingerprint density at radius 2 is 2.12 bits per heavy atom. The summed E-state index contributed by atoms with van der Waals surface area (Å²) in [4.78, 5) is 23.2. The van der Waals surface area contributed by atoms with Crippen LogP contribution in [0.25, 0.3) is 11.0 Å². The number of alkyl halides is 1. The standard InChI is InChI=1S/C12H10ClNO3/c13-5-6-14-11(15)9-7-8-3-1-2-4-10(8)17-12(9)16/h1-4,7H,5-6H2,(H,14,15). The lowest BCUT2D eigenvalue weighted by Gasteiger charge is -2.02. The Bertz CT molecular complexity index is 606. The van der Waals surface area contributed by atoms with Gasteiger partial charge in [0.25, 0.3) is 5.91 Å². The zero-order chi connectivity index (χ0) is 12.3. The molecule has 0 aliphatic heterocycles. The van der Waals surface area contributed by atoms with Crippen LogP contribution < -0.4 is 10.9 Å². The Kier molecular flexibility index (Phi) is 3.44. The third kappa shape index (κ3) is 2.47. The summed E-state index contributed by atoms with van der Waals surface area (Å²) in [5.74, 6) is -0.171. The topological polar surface area (TPSA) is 59.3 Å². The van der Waals surface area contributed by atoms with Gasteiger partial charge in [0.1, 0.15) is 11.1 Å². The fraction of sp³-hybridized carbons (Fsp3) is 0.167. The molecule has 2 rings (SSSR count). The van der Waals surface area contributed by atoms with Crippen LogP contribution in [0.4, 0.5) is 0 Å². The van der Waals surface area contributed by atoms with Crippen molar-refractivity contribution in [3.63, 3.8) is 0 Å². The van der Waals surface area contributed by atoms with E-state index in [1.165, 1.54) is 6.07 Å². The molecule has 0 saturated heterocycles. The van der Waals surface area contributed by atoms with Gasteiger partial charge in [-0.25, -0.2) is 4.79 Å². The van der Waals surface area contributed by atoms with E-state index in [9.17, 15) is 9.59 Å². The molecule has 0 unspecified atom stereocenters. The Balaban J connectivity index is 2.44. The second-order valence-electron chi connectivity index (χ2n) is 3.43. The average Bonchev–Trinajstić information content (AvgIpc) is 2.35. The van der Waals surface area contributed by atoms with E-state index in [4.69, 9.17) is 16.0 Å². The molecule has 2 aromatic rings. The second kappa shape index (κ2) is 5.01. The summed E-state index contributed by atoms with van der Waals surface area (Å²) in [7, 11) is 0. The molecule has 17 heavy (non-hydrogen) atoms. The number of benzene rings is 1. The van der Waals surface area contributed by atoms with Gasteiger partial charge in [-0.1, -0.05) is 18.2 Å². The molecular weight excluding hydrogens is 242 g/mol. The lowest BCUT2D eigenvalue weighted by atomic mass is 10.2. The van der Waals surface area contributed by atoms with E-state index < -0.39 is 11.5 Å². The van der Waals surface area contributed by atoms with Gasteiger partial charge in [-0.15, -0.1) is 11.6 Å². The van der Waals surface area contributed by atoms with E-state index in [2.05, 4.69) is 5.32 Å². The molecule has 0 bridgehead atoms. The molecule has 1 heterocycles. The maximum Gasteiger partial charge on any atom is 0.349 e. The minimum Gasteiger partial charge on any atom is -0.422 e. The molecule has 0 fully saturated rings. The molecule has 88 valence electrons. The van der Waals surface area contributed by atoms with Crippen LogP contribution in [0.2, 0.25) is 0 Å². The van der Waals surface area contributed by atoms with Crippen molar-refractivity contribution in [2.24, 2.45) is 0 Å². The van der Waals surface area contributed by atoms with E-state index in [1.54, 1.807) is 18.2 Å². The van der Waals surface area contributed by atoms with Crippen molar-refractivity contribution in [3.8, 4) is 0 Å². The summed E-state index contributed by atoms with van der Waals surface area (Å²) in [6.07, 6.45) is 0. The van der Waals surface area contributed by atoms with Crippen molar-refractivity contribution < 1.29 is 9.21 Å². The van der Waals surface area contributed by atoms with Crippen molar-refractivity contribution in [1.29, 1.82) is 0 Å². The maximum atomic E-state index is 11.6. The SMILES string of the molecule is O=C(NCCCl)c1cc2ccccc2oc1=O. The number of nitrogens with one attached hydrogen (secondary N) is 1. The van der Waals surface area contributed by atoms with Crippen molar-refractivity contribution in [2.75, 3.05) is 12.4 Å². The van der Waals surface area contributed by atoms with Crippen molar-refractivity contribution in [3.05, 3.63) is 46.3 Å². The molecule has 0 spiro atoms. The molecule has 0 radical (unpaired) electrons. The molecule has 0 aliphatic rings. The third-order valence-corrected chi connectivity index (χ3v) is 2.46. The van der Waals surface area contributed by atoms with Gasteiger partial charge in [-0.2, -0.15) is 0 Å². The molecule has 1 aromatic carbocycles. The van der Waals surface area contributed by atoms with Crippen LogP contribution >= 0.6 is 11.6 Å². The highest BCUT2D eigenvalue weighted by atomic mass is 35.5. The highest BCUT2D eigenvalue weighted by Gasteiger charge is 2.12. The molecule has 1 N–H and O–H groups in total. The number of hydrogen-bond acceptors (Lipinski definition) is 3. The first-order valence-electron chi connectivity index (χ1n) is 5.09. The summed E-state index contributed by atoms with van der Waals surface area (Å²) in [5, 5.41) is 3.23. The van der Waals surface area contributed by atoms with Gasteiger partial charge in [0.2, 0.25) is 0 Å². The Morgan fingerprint density at radius 3 is 2.88 bits per heavy atom. The molecule has 0 saturated carbocycles. The quantitative estimate of drug-likeness (QED) is 0.668. The number of para-hydroxylation sites is 1. The Labute approximate surface area is 102 Å². The molecule has 1 aromatic heterocycles. The van der Waals surface area contributed by atoms with Crippen LogP contribution in [0, 0.1) is 0 Å². The number of hydrogen-bond donors (Lipinski definition) is 1. The van der Waals surface area contributed by atoms with Crippen LogP contribution in [0.1, 0.15) is 10.4 Å². The van der Waals surface area contributed by atoms with Crippen LogP contribution in [0.3, 0.4) is 0 Å². The molecular formula is C12H10ClNO3. The first-order chi connectivity index (χ1) is 8.22. The van der Waals surface area contributed by atoms with Gasteiger partial charge in [0.05, 0.1) is 0 Å². The van der Waals surface area contributed by atoms with Crippen molar-refractivity contribution in [1.82, 2.24) is 5.32 Å². The predicted octanol–water partition coefficient (Wildman–Crippen LogP) is 1.76. The van der Waals surface area contributed by atoms with Gasteiger partial charge in [-0.05, 0) is 12.1 Å². The summed E-state index contributed by atoms with van der Waals surface area (Å²) >= 11 is 5.45. The van der Waals surface area contributed by atoms with Gasteiger partial charge < -0.3 is 9.73 Å². The number of fused-ring (bicyclic) bond motifs is 1. The number of carbonyl (C=O) groups excluding carboxylic acids is 1. The molecule has 0 aliphatic carbocycles. The van der Waals surface area contributed by atoms with Crippen LogP contribution in [-0.4, -0.2) is 18.3 Å².